The highest BCUT2D eigenvalue weighted by Gasteiger charge is 2.04. The monoisotopic (exact) mass is 163 g/mol. The SMILES string of the molecule is [B]c1cc2[nH]c(=O)oc2cc1F. The molecule has 0 saturated carbocycles. The number of halogens is 1. The van der Waals surface area contributed by atoms with Gasteiger partial charge in [0.05, 0.1) is 5.52 Å². The Morgan fingerprint density at radius 1 is 1.50 bits per heavy atom. The van der Waals surface area contributed by atoms with Crippen molar-refractivity contribution in [3.63, 3.8) is 0 Å². The molecule has 3 nitrogen and oxygen atoms in total. The van der Waals surface area contributed by atoms with Crippen molar-refractivity contribution in [2.24, 2.45) is 0 Å². The Hall–Kier alpha value is -1.52. The van der Waals surface area contributed by atoms with E-state index in [1.165, 1.54) is 6.07 Å². The van der Waals surface area contributed by atoms with Crippen LogP contribution < -0.4 is 11.2 Å². The summed E-state index contributed by atoms with van der Waals surface area (Å²) < 4.78 is 17.4. The molecule has 0 saturated heterocycles. The summed E-state index contributed by atoms with van der Waals surface area (Å²) in [5.74, 6) is -1.21. The molecule has 1 aromatic heterocycles. The molecule has 5 heteroatoms. The van der Waals surface area contributed by atoms with Crippen LogP contribution in [0.2, 0.25) is 0 Å². The fourth-order valence-corrected chi connectivity index (χ4v) is 0.989. The predicted octanol–water partition coefficient (Wildman–Crippen LogP) is 0.0540. The van der Waals surface area contributed by atoms with Crippen molar-refractivity contribution in [2.75, 3.05) is 0 Å². The summed E-state index contributed by atoms with van der Waals surface area (Å²) in [6.45, 7) is 0. The van der Waals surface area contributed by atoms with Crippen molar-refractivity contribution in [1.82, 2.24) is 4.98 Å². The molecule has 2 rings (SSSR count). The molecule has 0 aliphatic rings. The van der Waals surface area contributed by atoms with Crippen LogP contribution in [0.1, 0.15) is 0 Å². The Morgan fingerprint density at radius 2 is 2.25 bits per heavy atom. The van der Waals surface area contributed by atoms with E-state index < -0.39 is 11.6 Å². The average Bonchev–Trinajstić information content (AvgIpc) is 2.30. The van der Waals surface area contributed by atoms with Gasteiger partial charge in [0.15, 0.2) is 5.58 Å². The van der Waals surface area contributed by atoms with Crippen molar-refractivity contribution >= 4 is 24.4 Å². The zero-order valence-electron chi connectivity index (χ0n) is 5.93. The Bertz CT molecular complexity index is 446. The minimum atomic E-state index is -0.616. The molecule has 1 N–H and O–H groups in total. The number of aromatic amines is 1. The Labute approximate surface area is 67.6 Å². The highest BCUT2D eigenvalue weighted by molar-refractivity contribution is 6.33. The highest BCUT2D eigenvalue weighted by atomic mass is 19.1. The smallest absolute Gasteiger partial charge is 0.408 e. The van der Waals surface area contributed by atoms with Crippen LogP contribution in [0.15, 0.2) is 21.3 Å². The first-order chi connectivity index (χ1) is 5.66. The molecule has 0 atom stereocenters. The van der Waals surface area contributed by atoms with E-state index in [-0.39, 0.29) is 11.0 Å². The van der Waals surface area contributed by atoms with Crippen LogP contribution in [-0.2, 0) is 0 Å². The number of H-pyrrole nitrogens is 1. The van der Waals surface area contributed by atoms with Crippen molar-refractivity contribution < 1.29 is 8.81 Å². The number of hydrogen-bond acceptors (Lipinski definition) is 2. The maximum absolute atomic E-state index is 12.8. The van der Waals surface area contributed by atoms with Gasteiger partial charge in [0, 0.05) is 6.07 Å². The summed E-state index contributed by atoms with van der Waals surface area (Å²) in [7, 11) is 5.26. The zero-order chi connectivity index (χ0) is 8.72. The van der Waals surface area contributed by atoms with Gasteiger partial charge in [-0.15, -0.1) is 0 Å². The summed E-state index contributed by atoms with van der Waals surface area (Å²) >= 11 is 0. The summed E-state index contributed by atoms with van der Waals surface area (Å²) in [6.07, 6.45) is 0. The van der Waals surface area contributed by atoms with E-state index in [0.717, 1.165) is 6.07 Å². The quantitative estimate of drug-likeness (QED) is 0.557. The van der Waals surface area contributed by atoms with E-state index in [0.29, 0.717) is 5.52 Å². The van der Waals surface area contributed by atoms with Gasteiger partial charge in [0.2, 0.25) is 0 Å². The summed E-state index contributed by atoms with van der Waals surface area (Å²) in [4.78, 5) is 13.0. The minimum Gasteiger partial charge on any atom is -0.408 e. The molecular weight excluding hydrogens is 160 g/mol. The van der Waals surface area contributed by atoms with Gasteiger partial charge < -0.3 is 4.42 Å². The molecule has 1 aromatic carbocycles. The average molecular weight is 163 g/mol. The summed E-state index contributed by atoms with van der Waals surface area (Å²) in [6, 6.07) is 2.39. The van der Waals surface area contributed by atoms with E-state index in [9.17, 15) is 9.18 Å². The zero-order valence-corrected chi connectivity index (χ0v) is 5.93. The lowest BCUT2D eigenvalue weighted by molar-refractivity contribution is 0.551. The van der Waals surface area contributed by atoms with Crippen LogP contribution >= 0.6 is 0 Å². The van der Waals surface area contributed by atoms with E-state index >= 15 is 0 Å². The van der Waals surface area contributed by atoms with E-state index in [1.807, 2.05) is 0 Å². The molecular formula is C7H3BFNO2. The molecule has 2 radical (unpaired) electrons. The van der Waals surface area contributed by atoms with Gasteiger partial charge in [-0.2, -0.15) is 0 Å². The summed E-state index contributed by atoms with van der Waals surface area (Å²) in [5, 5.41) is 0. The number of hydrogen-bond donors (Lipinski definition) is 1. The molecule has 0 bridgehead atoms. The first kappa shape index (κ1) is 7.15. The first-order valence-electron chi connectivity index (χ1n) is 3.24. The molecule has 0 fully saturated rings. The van der Waals surface area contributed by atoms with Gasteiger partial charge in [0.25, 0.3) is 0 Å². The number of rotatable bonds is 0. The fourth-order valence-electron chi connectivity index (χ4n) is 0.989. The van der Waals surface area contributed by atoms with Crippen molar-refractivity contribution in [2.45, 2.75) is 0 Å². The predicted molar refractivity (Wildman–Crippen MR) is 42.2 cm³/mol. The standard InChI is InChI=1S/C7H3BFNO2/c8-3-1-5-6(2-4(3)9)12-7(11)10-5/h1-2H,(H,10,11). The molecule has 2 aromatic rings. The lowest BCUT2D eigenvalue weighted by Crippen LogP contribution is -2.07. The number of aromatic nitrogens is 1. The minimum absolute atomic E-state index is 0.0143. The van der Waals surface area contributed by atoms with Crippen LogP contribution in [0.25, 0.3) is 11.1 Å². The number of oxazole rings is 1. The van der Waals surface area contributed by atoms with Crippen molar-refractivity contribution in [1.29, 1.82) is 0 Å². The van der Waals surface area contributed by atoms with Gasteiger partial charge in [0.1, 0.15) is 13.7 Å². The van der Waals surface area contributed by atoms with Crippen LogP contribution in [0.3, 0.4) is 0 Å². The molecule has 0 amide bonds. The lowest BCUT2D eigenvalue weighted by atomic mass is 9.95. The Morgan fingerprint density at radius 3 is 3.00 bits per heavy atom. The summed E-state index contributed by atoms with van der Waals surface area (Å²) in [5.41, 5.74) is 0.560. The van der Waals surface area contributed by atoms with Crippen LogP contribution in [-0.4, -0.2) is 12.8 Å². The number of nitrogens with one attached hydrogen (secondary N) is 1. The van der Waals surface area contributed by atoms with Gasteiger partial charge >= 0.3 is 5.76 Å². The third-order valence-electron chi connectivity index (χ3n) is 1.54. The lowest BCUT2D eigenvalue weighted by Gasteiger charge is -1.93. The van der Waals surface area contributed by atoms with E-state index in [2.05, 4.69) is 9.40 Å². The van der Waals surface area contributed by atoms with Gasteiger partial charge in [-0.3, -0.25) is 4.98 Å². The van der Waals surface area contributed by atoms with Gasteiger partial charge in [-0.05, 0) is 6.07 Å². The molecule has 1 heterocycles. The third-order valence-corrected chi connectivity index (χ3v) is 1.54. The Kier molecular flexibility index (Phi) is 1.33. The van der Waals surface area contributed by atoms with Crippen LogP contribution in [0.4, 0.5) is 4.39 Å². The van der Waals surface area contributed by atoms with Crippen LogP contribution in [0.5, 0.6) is 0 Å². The van der Waals surface area contributed by atoms with Crippen molar-refractivity contribution in [3.05, 3.63) is 28.5 Å². The number of benzene rings is 1. The molecule has 0 spiro atoms. The molecule has 0 unspecified atom stereocenters. The maximum Gasteiger partial charge on any atom is 0.417 e. The molecule has 58 valence electrons. The Balaban J connectivity index is 2.92. The largest absolute Gasteiger partial charge is 0.417 e. The second-order valence-electron chi connectivity index (χ2n) is 2.38. The van der Waals surface area contributed by atoms with Gasteiger partial charge in [-0.1, -0.05) is 5.46 Å². The number of fused-ring (bicyclic) bond motifs is 1. The van der Waals surface area contributed by atoms with Gasteiger partial charge in [-0.25, -0.2) is 9.18 Å². The molecule has 0 aliphatic heterocycles. The second-order valence-corrected chi connectivity index (χ2v) is 2.38. The van der Waals surface area contributed by atoms with E-state index in [1.54, 1.807) is 0 Å². The first-order valence-corrected chi connectivity index (χ1v) is 3.24. The second kappa shape index (κ2) is 2.23. The maximum atomic E-state index is 12.8. The topological polar surface area (TPSA) is 46.0 Å². The molecule has 12 heavy (non-hydrogen) atoms. The molecule has 0 aliphatic carbocycles. The fraction of sp³-hybridized carbons (Fsp3) is 0. The third kappa shape index (κ3) is 0.940. The van der Waals surface area contributed by atoms with Crippen LogP contribution in [0, 0.1) is 5.82 Å². The highest BCUT2D eigenvalue weighted by Crippen LogP contribution is 2.08. The normalized spacial score (nSPS) is 10.8. The van der Waals surface area contributed by atoms with Crippen molar-refractivity contribution in [3.8, 4) is 0 Å². The van der Waals surface area contributed by atoms with E-state index in [4.69, 9.17) is 7.85 Å².